The Morgan fingerprint density at radius 3 is 2.88 bits per heavy atom. The van der Waals surface area contributed by atoms with Gasteiger partial charge in [0.1, 0.15) is 5.78 Å². The van der Waals surface area contributed by atoms with E-state index in [1.54, 1.807) is 6.92 Å². The van der Waals surface area contributed by atoms with Crippen LogP contribution in [0, 0.1) is 5.92 Å². The van der Waals surface area contributed by atoms with Gasteiger partial charge in [-0.1, -0.05) is 13.0 Å². The third-order valence-corrected chi connectivity index (χ3v) is 2.92. The molecule has 0 bridgehead atoms. The highest BCUT2D eigenvalue weighted by Gasteiger charge is 2.22. The fourth-order valence-electron chi connectivity index (χ4n) is 1.77. The van der Waals surface area contributed by atoms with Crippen molar-refractivity contribution in [3.63, 3.8) is 0 Å². The molecule has 0 spiro atoms. The van der Waals surface area contributed by atoms with Gasteiger partial charge < -0.3 is 4.74 Å². The van der Waals surface area contributed by atoms with Crippen molar-refractivity contribution in [1.29, 1.82) is 0 Å². The Balaban J connectivity index is 2.44. The van der Waals surface area contributed by atoms with Crippen LogP contribution in [0.15, 0.2) is 11.6 Å². The SMILES string of the molecule is COC(=O)C(C)=CCN1CCC(=O)C(C)C1. The van der Waals surface area contributed by atoms with E-state index in [2.05, 4.69) is 9.64 Å². The van der Waals surface area contributed by atoms with Crippen LogP contribution in [-0.4, -0.2) is 43.4 Å². The molecule has 0 saturated carbocycles. The molecule has 4 heteroatoms. The summed E-state index contributed by atoms with van der Waals surface area (Å²) in [6.07, 6.45) is 2.47. The number of nitrogens with zero attached hydrogens (tertiary/aromatic N) is 1. The Kier molecular flexibility index (Phi) is 4.68. The lowest BCUT2D eigenvalue weighted by molar-refractivity contribution is -0.136. The van der Waals surface area contributed by atoms with Crippen LogP contribution >= 0.6 is 0 Å². The van der Waals surface area contributed by atoms with E-state index >= 15 is 0 Å². The predicted octanol–water partition coefficient (Wildman–Crippen LogP) is 1.02. The molecule has 1 unspecified atom stereocenters. The van der Waals surface area contributed by atoms with E-state index < -0.39 is 0 Å². The van der Waals surface area contributed by atoms with Gasteiger partial charge in [0.2, 0.25) is 0 Å². The van der Waals surface area contributed by atoms with Crippen molar-refractivity contribution < 1.29 is 14.3 Å². The second-order valence-electron chi connectivity index (χ2n) is 4.26. The van der Waals surface area contributed by atoms with Crippen molar-refractivity contribution in [2.24, 2.45) is 5.92 Å². The number of likely N-dealkylation sites (tertiary alicyclic amines) is 1. The number of carbonyl (C=O) groups excluding carboxylic acids is 2. The second kappa shape index (κ2) is 5.80. The largest absolute Gasteiger partial charge is 0.466 e. The normalized spacial score (nSPS) is 23.3. The maximum Gasteiger partial charge on any atom is 0.333 e. The molecule has 0 aliphatic carbocycles. The molecule has 1 fully saturated rings. The summed E-state index contributed by atoms with van der Waals surface area (Å²) in [4.78, 5) is 24.6. The van der Waals surface area contributed by atoms with Gasteiger partial charge in [-0.3, -0.25) is 9.69 Å². The van der Waals surface area contributed by atoms with Crippen LogP contribution in [0.25, 0.3) is 0 Å². The number of esters is 1. The Labute approximate surface area is 96.3 Å². The lowest BCUT2D eigenvalue weighted by atomic mass is 9.99. The first-order valence-corrected chi connectivity index (χ1v) is 5.54. The van der Waals surface area contributed by atoms with Gasteiger partial charge >= 0.3 is 5.97 Å². The summed E-state index contributed by atoms with van der Waals surface area (Å²) in [6.45, 7) is 5.96. The average Bonchev–Trinajstić information content (AvgIpc) is 2.29. The maximum absolute atomic E-state index is 11.3. The van der Waals surface area contributed by atoms with Gasteiger partial charge in [0.05, 0.1) is 7.11 Å². The molecule has 4 nitrogen and oxygen atoms in total. The molecule has 0 aromatic rings. The van der Waals surface area contributed by atoms with Crippen molar-refractivity contribution >= 4 is 11.8 Å². The van der Waals surface area contributed by atoms with Crippen molar-refractivity contribution in [2.75, 3.05) is 26.7 Å². The van der Waals surface area contributed by atoms with Gasteiger partial charge in [0.15, 0.2) is 0 Å². The van der Waals surface area contributed by atoms with E-state index in [1.807, 2.05) is 13.0 Å². The third kappa shape index (κ3) is 3.45. The molecule has 1 heterocycles. The van der Waals surface area contributed by atoms with Crippen LogP contribution in [0.4, 0.5) is 0 Å². The third-order valence-electron chi connectivity index (χ3n) is 2.92. The van der Waals surface area contributed by atoms with Crippen molar-refractivity contribution in [3.05, 3.63) is 11.6 Å². The monoisotopic (exact) mass is 225 g/mol. The highest BCUT2D eigenvalue weighted by molar-refractivity contribution is 5.87. The smallest absolute Gasteiger partial charge is 0.333 e. The van der Waals surface area contributed by atoms with Gasteiger partial charge in [-0.25, -0.2) is 4.79 Å². The summed E-state index contributed by atoms with van der Waals surface area (Å²) >= 11 is 0. The summed E-state index contributed by atoms with van der Waals surface area (Å²) in [7, 11) is 1.38. The van der Waals surface area contributed by atoms with Crippen LogP contribution in [0.5, 0.6) is 0 Å². The minimum absolute atomic E-state index is 0.112. The van der Waals surface area contributed by atoms with Gasteiger partial charge in [0, 0.05) is 37.5 Å². The number of Topliss-reactive ketones (excluding diaryl/α,β-unsaturated/α-hetero) is 1. The first kappa shape index (κ1) is 12.9. The summed E-state index contributed by atoms with van der Waals surface area (Å²) in [6, 6.07) is 0. The zero-order chi connectivity index (χ0) is 12.1. The number of piperidine rings is 1. The molecule has 0 aromatic heterocycles. The van der Waals surface area contributed by atoms with Crippen molar-refractivity contribution in [2.45, 2.75) is 20.3 Å². The lowest BCUT2D eigenvalue weighted by Crippen LogP contribution is -2.39. The van der Waals surface area contributed by atoms with E-state index in [9.17, 15) is 9.59 Å². The van der Waals surface area contributed by atoms with Crippen LogP contribution in [0.1, 0.15) is 20.3 Å². The zero-order valence-corrected chi connectivity index (χ0v) is 10.2. The number of hydrogen-bond donors (Lipinski definition) is 0. The Hall–Kier alpha value is -1.16. The van der Waals surface area contributed by atoms with E-state index in [0.29, 0.717) is 24.3 Å². The predicted molar refractivity (Wildman–Crippen MR) is 61.0 cm³/mol. The van der Waals surface area contributed by atoms with E-state index in [0.717, 1.165) is 13.1 Å². The topological polar surface area (TPSA) is 46.6 Å². The fraction of sp³-hybridized carbons (Fsp3) is 0.667. The Morgan fingerprint density at radius 2 is 2.31 bits per heavy atom. The molecule has 1 aliphatic heterocycles. The van der Waals surface area contributed by atoms with E-state index in [-0.39, 0.29) is 11.9 Å². The summed E-state index contributed by atoms with van der Waals surface area (Å²) in [5.74, 6) is 0.159. The number of carbonyl (C=O) groups is 2. The highest BCUT2D eigenvalue weighted by atomic mass is 16.5. The number of methoxy groups -OCH3 is 1. The van der Waals surface area contributed by atoms with Crippen LogP contribution in [0.3, 0.4) is 0 Å². The Morgan fingerprint density at radius 1 is 1.62 bits per heavy atom. The van der Waals surface area contributed by atoms with Gasteiger partial charge in [-0.05, 0) is 6.92 Å². The molecule has 1 saturated heterocycles. The zero-order valence-electron chi connectivity index (χ0n) is 10.2. The van der Waals surface area contributed by atoms with Crippen molar-refractivity contribution in [1.82, 2.24) is 4.90 Å². The minimum Gasteiger partial charge on any atom is -0.466 e. The molecule has 0 radical (unpaired) electrons. The molecular weight excluding hydrogens is 206 g/mol. The quantitative estimate of drug-likeness (QED) is 0.531. The standard InChI is InChI=1S/C12H19NO3/c1-9(12(15)16-3)4-6-13-7-5-11(14)10(2)8-13/h4,10H,5-8H2,1-3H3. The lowest BCUT2D eigenvalue weighted by Gasteiger charge is -2.28. The van der Waals surface area contributed by atoms with E-state index in [4.69, 9.17) is 0 Å². The van der Waals surface area contributed by atoms with Crippen LogP contribution in [0.2, 0.25) is 0 Å². The first-order chi connectivity index (χ1) is 7.54. The molecule has 90 valence electrons. The molecule has 1 rings (SSSR count). The minimum atomic E-state index is -0.291. The molecule has 0 N–H and O–H groups in total. The van der Waals surface area contributed by atoms with Gasteiger partial charge in [-0.2, -0.15) is 0 Å². The molecule has 1 atom stereocenters. The Bertz CT molecular complexity index is 309. The van der Waals surface area contributed by atoms with Crippen molar-refractivity contribution in [3.8, 4) is 0 Å². The van der Waals surface area contributed by atoms with Crippen LogP contribution < -0.4 is 0 Å². The molecule has 1 aliphatic rings. The number of ether oxygens (including phenoxy) is 1. The van der Waals surface area contributed by atoms with Gasteiger partial charge in [-0.15, -0.1) is 0 Å². The highest BCUT2D eigenvalue weighted by Crippen LogP contribution is 2.12. The fourth-order valence-corrected chi connectivity index (χ4v) is 1.77. The summed E-state index contributed by atoms with van der Waals surface area (Å²) in [5.41, 5.74) is 0.618. The van der Waals surface area contributed by atoms with Gasteiger partial charge in [0.25, 0.3) is 0 Å². The summed E-state index contributed by atoms with van der Waals surface area (Å²) in [5, 5.41) is 0. The maximum atomic E-state index is 11.3. The number of rotatable bonds is 3. The second-order valence-corrected chi connectivity index (χ2v) is 4.26. The van der Waals surface area contributed by atoms with Crippen LogP contribution in [-0.2, 0) is 14.3 Å². The first-order valence-electron chi connectivity index (χ1n) is 5.54. The van der Waals surface area contributed by atoms with E-state index in [1.165, 1.54) is 7.11 Å². The molecule has 0 aromatic carbocycles. The average molecular weight is 225 g/mol. The molecule has 0 amide bonds. The number of hydrogen-bond acceptors (Lipinski definition) is 4. The number of ketones is 1. The molecular formula is C12H19NO3. The summed E-state index contributed by atoms with van der Waals surface area (Å²) < 4.78 is 4.61. The molecule has 16 heavy (non-hydrogen) atoms.